The number of carbonyl (C=O) groups is 5. The summed E-state index contributed by atoms with van der Waals surface area (Å²) in [6, 6.07) is 9.19. The van der Waals surface area contributed by atoms with E-state index in [0.29, 0.717) is 19.4 Å². The second-order valence-electron chi connectivity index (χ2n) is 14.6. The van der Waals surface area contributed by atoms with E-state index >= 15 is 0 Å². The molecule has 3 fully saturated rings. The van der Waals surface area contributed by atoms with Crippen LogP contribution in [0, 0.1) is 11.8 Å². The maximum absolute atomic E-state index is 12.8. The first-order valence-electron chi connectivity index (χ1n) is 18.6. The van der Waals surface area contributed by atoms with E-state index in [1.807, 2.05) is 35.2 Å². The van der Waals surface area contributed by atoms with Crippen LogP contribution in [-0.4, -0.2) is 122 Å². The molecule has 3 aliphatic rings. The summed E-state index contributed by atoms with van der Waals surface area (Å²) in [5.41, 5.74) is 0.842. The van der Waals surface area contributed by atoms with Crippen LogP contribution in [0.25, 0.3) is 0 Å². The molecule has 1 N–H and O–H groups in total. The summed E-state index contributed by atoms with van der Waals surface area (Å²) in [5, 5.41) is 2.43. The maximum Gasteiger partial charge on any atom is 0.293 e. The van der Waals surface area contributed by atoms with E-state index in [4.69, 9.17) is 4.74 Å². The molecular formula is C39H67N5O6. The molecule has 3 atom stereocenters. The van der Waals surface area contributed by atoms with E-state index < -0.39 is 6.10 Å². The standard InChI is InChI=1S/C18H32N4O3.C11H12O3.C6H13N.C4H10/c1-14(2)16(20(3)17(24)11-19-13-23)12-22-10-6-7-15(22)18(25)21-8-4-5-9-21;1-9(13)7-11(14-8-12)10-5-3-2-4-6-10;1-7-5-3-2-4-6-7;1-4(2)3/h13-16H,4-12H2,1-3H3,(H,19,23);2-6,8,11H,7H2,1H3;2-6H2,1H3;4H,1-3H3/t15-,16+;;;/m0.../s1. The first-order valence-corrected chi connectivity index (χ1v) is 18.6. The number of hydrogen-bond acceptors (Lipinski definition) is 8. The van der Waals surface area contributed by atoms with Crippen LogP contribution in [0.2, 0.25) is 0 Å². The summed E-state index contributed by atoms with van der Waals surface area (Å²) in [6.07, 6.45) is 8.74. The van der Waals surface area contributed by atoms with E-state index in [0.717, 1.165) is 56.8 Å². The Balaban J connectivity index is 0.000000414. The Morgan fingerprint density at radius 2 is 1.48 bits per heavy atom. The highest BCUT2D eigenvalue weighted by atomic mass is 16.5. The van der Waals surface area contributed by atoms with Crippen molar-refractivity contribution in [2.45, 2.75) is 111 Å². The molecule has 11 heteroatoms. The first kappa shape index (κ1) is 44.7. The molecule has 0 aromatic heterocycles. The molecule has 4 rings (SSSR count). The van der Waals surface area contributed by atoms with Gasteiger partial charge in [-0.25, -0.2) is 0 Å². The summed E-state index contributed by atoms with van der Waals surface area (Å²) in [5.74, 6) is 1.26. The molecule has 3 amide bonds. The zero-order valence-electron chi connectivity index (χ0n) is 32.3. The van der Waals surface area contributed by atoms with Crippen molar-refractivity contribution >= 4 is 30.5 Å². The van der Waals surface area contributed by atoms with E-state index in [2.05, 4.69) is 56.8 Å². The molecule has 0 radical (unpaired) electrons. The van der Waals surface area contributed by atoms with Gasteiger partial charge in [0, 0.05) is 39.1 Å². The lowest BCUT2D eigenvalue weighted by molar-refractivity contribution is -0.137. The predicted octanol–water partition coefficient (Wildman–Crippen LogP) is 4.95. The molecule has 284 valence electrons. The van der Waals surface area contributed by atoms with Crippen molar-refractivity contribution in [1.29, 1.82) is 0 Å². The topological polar surface area (TPSA) is 120 Å². The third kappa shape index (κ3) is 18.1. The molecule has 3 saturated heterocycles. The number of nitrogens with zero attached hydrogens (tertiary/aromatic N) is 4. The molecule has 3 aliphatic heterocycles. The molecule has 3 heterocycles. The number of hydrogen-bond donors (Lipinski definition) is 1. The minimum absolute atomic E-state index is 0.000651. The Hall–Kier alpha value is -3.31. The normalized spacial score (nSPS) is 18.7. The number of Topliss-reactive ketones (excluding diaryl/α,β-unsaturated/α-hetero) is 1. The molecule has 0 bridgehead atoms. The molecule has 1 unspecified atom stereocenters. The van der Waals surface area contributed by atoms with Crippen LogP contribution in [-0.2, 0) is 28.7 Å². The van der Waals surface area contributed by atoms with E-state index in [9.17, 15) is 24.0 Å². The fourth-order valence-electron chi connectivity index (χ4n) is 6.22. The van der Waals surface area contributed by atoms with Gasteiger partial charge in [0.25, 0.3) is 6.47 Å². The SMILES string of the molecule is CC(=O)CC(OC=O)c1ccccc1.CC(C)C.CC(C)[C@@H](CN1CCC[C@H]1C(=O)N1CCCC1)N(C)C(=O)CNC=O.CN1CCCCC1. The number of likely N-dealkylation sites (tertiary alicyclic amines) is 3. The Labute approximate surface area is 302 Å². The van der Waals surface area contributed by atoms with Gasteiger partial charge >= 0.3 is 0 Å². The number of piperidine rings is 1. The largest absolute Gasteiger partial charge is 0.459 e. The highest BCUT2D eigenvalue weighted by molar-refractivity contribution is 5.82. The van der Waals surface area contributed by atoms with Gasteiger partial charge in [-0.1, -0.05) is 71.4 Å². The lowest BCUT2D eigenvalue weighted by atomic mass is 10.0. The third-order valence-corrected chi connectivity index (χ3v) is 8.93. The van der Waals surface area contributed by atoms with Crippen LogP contribution in [0.3, 0.4) is 0 Å². The molecule has 0 saturated carbocycles. The highest BCUT2D eigenvalue weighted by Gasteiger charge is 2.37. The van der Waals surface area contributed by atoms with Crippen molar-refractivity contribution in [2.75, 3.05) is 59.9 Å². The van der Waals surface area contributed by atoms with Gasteiger partial charge in [-0.3, -0.25) is 28.9 Å². The summed E-state index contributed by atoms with van der Waals surface area (Å²) < 4.78 is 4.84. The van der Waals surface area contributed by atoms with Crippen LogP contribution in [0.15, 0.2) is 30.3 Å². The maximum atomic E-state index is 12.8. The molecule has 0 aliphatic carbocycles. The first-order chi connectivity index (χ1) is 23.8. The predicted molar refractivity (Wildman–Crippen MR) is 199 cm³/mol. The quantitative estimate of drug-likeness (QED) is 0.287. The summed E-state index contributed by atoms with van der Waals surface area (Å²) in [4.78, 5) is 65.0. The summed E-state index contributed by atoms with van der Waals surface area (Å²) in [7, 11) is 3.98. The second-order valence-corrected chi connectivity index (χ2v) is 14.6. The Bertz CT molecular complexity index is 1100. The smallest absolute Gasteiger partial charge is 0.293 e. The van der Waals surface area contributed by atoms with E-state index in [1.54, 1.807) is 11.9 Å². The minimum atomic E-state index is -0.453. The average Bonchev–Trinajstić information content (AvgIpc) is 3.79. The fourth-order valence-corrected chi connectivity index (χ4v) is 6.22. The zero-order chi connectivity index (χ0) is 37.5. The third-order valence-electron chi connectivity index (χ3n) is 8.93. The highest BCUT2D eigenvalue weighted by Crippen LogP contribution is 2.24. The number of carbonyl (C=O) groups excluding carboxylic acids is 5. The van der Waals surface area contributed by atoms with Crippen molar-refractivity contribution in [1.82, 2.24) is 24.9 Å². The van der Waals surface area contributed by atoms with Crippen LogP contribution in [0.1, 0.15) is 105 Å². The summed E-state index contributed by atoms with van der Waals surface area (Å²) in [6.45, 7) is 18.6. The van der Waals surface area contributed by atoms with Gasteiger partial charge in [0.15, 0.2) is 0 Å². The Morgan fingerprint density at radius 1 is 0.900 bits per heavy atom. The van der Waals surface area contributed by atoms with Crippen LogP contribution in [0.5, 0.6) is 0 Å². The van der Waals surface area contributed by atoms with Gasteiger partial charge < -0.3 is 24.8 Å². The lowest BCUT2D eigenvalue weighted by Gasteiger charge is -2.37. The zero-order valence-corrected chi connectivity index (χ0v) is 32.3. The van der Waals surface area contributed by atoms with Crippen LogP contribution < -0.4 is 5.32 Å². The van der Waals surface area contributed by atoms with Crippen molar-refractivity contribution in [2.24, 2.45) is 11.8 Å². The molecule has 11 nitrogen and oxygen atoms in total. The number of likely N-dealkylation sites (N-methyl/N-ethyl adjacent to an activating group) is 1. The Kier molecular flexibility index (Phi) is 22.9. The van der Waals surface area contributed by atoms with E-state index in [-0.39, 0.29) is 48.6 Å². The number of amides is 3. The number of benzene rings is 1. The number of rotatable bonds is 13. The Morgan fingerprint density at radius 3 is 1.96 bits per heavy atom. The molecule has 0 spiro atoms. The monoisotopic (exact) mass is 702 g/mol. The molecule has 1 aromatic rings. The van der Waals surface area contributed by atoms with Crippen molar-refractivity contribution in [3.05, 3.63) is 35.9 Å². The fraction of sp³-hybridized carbons (Fsp3) is 0.718. The van der Waals surface area contributed by atoms with Gasteiger partial charge in [-0.2, -0.15) is 0 Å². The molecule has 1 aromatic carbocycles. The van der Waals surface area contributed by atoms with Crippen molar-refractivity contribution in [3.8, 4) is 0 Å². The van der Waals surface area contributed by atoms with Gasteiger partial charge in [-0.15, -0.1) is 0 Å². The average molecular weight is 702 g/mol. The van der Waals surface area contributed by atoms with Gasteiger partial charge in [0.05, 0.1) is 12.6 Å². The number of nitrogens with one attached hydrogen (secondary N) is 1. The minimum Gasteiger partial charge on any atom is -0.459 e. The van der Waals surface area contributed by atoms with Gasteiger partial charge in [0.2, 0.25) is 18.2 Å². The van der Waals surface area contributed by atoms with E-state index in [1.165, 1.54) is 39.3 Å². The van der Waals surface area contributed by atoms with Crippen molar-refractivity contribution in [3.63, 3.8) is 0 Å². The molecular weight excluding hydrogens is 634 g/mol. The van der Waals surface area contributed by atoms with Gasteiger partial charge in [-0.05, 0) is 89.5 Å². The van der Waals surface area contributed by atoms with Crippen LogP contribution in [0.4, 0.5) is 0 Å². The second kappa shape index (κ2) is 25.6. The number of ether oxygens (including phenoxy) is 1. The van der Waals surface area contributed by atoms with Crippen LogP contribution >= 0.6 is 0 Å². The van der Waals surface area contributed by atoms with Gasteiger partial charge in [0.1, 0.15) is 11.9 Å². The molecule has 50 heavy (non-hydrogen) atoms. The van der Waals surface area contributed by atoms with Crippen molar-refractivity contribution < 1.29 is 28.7 Å². The summed E-state index contributed by atoms with van der Waals surface area (Å²) >= 11 is 0. The lowest BCUT2D eigenvalue weighted by Crippen LogP contribution is -2.53. The number of ketones is 1.